The number of anilines is 1. The van der Waals surface area contributed by atoms with Gasteiger partial charge in [-0.1, -0.05) is 55.5 Å². The molecule has 3 aromatic carbocycles. The number of methoxy groups -OCH3 is 1. The van der Waals surface area contributed by atoms with Gasteiger partial charge in [-0.3, -0.25) is 4.79 Å². The zero-order valence-corrected chi connectivity index (χ0v) is 23.1. The summed E-state index contributed by atoms with van der Waals surface area (Å²) in [5.74, 6) is 2.74. The van der Waals surface area contributed by atoms with Crippen LogP contribution in [-0.4, -0.2) is 35.7 Å². The molecule has 1 fully saturated rings. The third-order valence-electron chi connectivity index (χ3n) is 7.42. The Labute approximate surface area is 230 Å². The zero-order chi connectivity index (χ0) is 27.2. The molecule has 1 saturated heterocycles. The van der Waals surface area contributed by atoms with Crippen molar-refractivity contribution in [2.24, 2.45) is 0 Å². The number of allylic oxidation sites excluding steroid dienone is 1. The first-order valence-electron chi connectivity index (χ1n) is 13.9. The van der Waals surface area contributed by atoms with Gasteiger partial charge in [0.15, 0.2) is 11.5 Å². The number of hydrogen-bond acceptors (Lipinski definition) is 4. The summed E-state index contributed by atoms with van der Waals surface area (Å²) in [7, 11) is 1.67. The van der Waals surface area contributed by atoms with Gasteiger partial charge in [0.05, 0.1) is 24.8 Å². The van der Waals surface area contributed by atoms with Gasteiger partial charge >= 0.3 is 0 Å². The number of amides is 1. The Balaban J connectivity index is 1.28. The van der Waals surface area contributed by atoms with Crippen LogP contribution in [0.15, 0.2) is 72.8 Å². The highest BCUT2D eigenvalue weighted by Gasteiger charge is 2.35. The number of rotatable bonds is 11. The van der Waals surface area contributed by atoms with Crippen LogP contribution in [0.4, 0.5) is 5.69 Å². The van der Waals surface area contributed by atoms with Crippen LogP contribution < -0.4 is 14.4 Å². The number of aromatic nitrogens is 2. The Morgan fingerprint density at radius 1 is 1.03 bits per heavy atom. The van der Waals surface area contributed by atoms with Crippen molar-refractivity contribution in [2.75, 3.05) is 25.2 Å². The largest absolute Gasteiger partial charge is 0.493 e. The third-order valence-corrected chi connectivity index (χ3v) is 7.42. The molecule has 1 atom stereocenters. The minimum Gasteiger partial charge on any atom is -0.493 e. The molecule has 5 rings (SSSR count). The van der Waals surface area contributed by atoms with Gasteiger partial charge in [-0.05, 0) is 67.6 Å². The SMILES string of the molecule is C/C=C/c1ccc(OCCCCn2c(C3CC(=O)N(c4ccccc4CC)C3)nc3ccccc32)c(OC)c1. The lowest BCUT2D eigenvalue weighted by Gasteiger charge is -2.20. The van der Waals surface area contributed by atoms with Gasteiger partial charge < -0.3 is 18.9 Å². The lowest BCUT2D eigenvalue weighted by molar-refractivity contribution is -0.117. The number of nitrogens with zero attached hydrogens (tertiary/aromatic N) is 3. The van der Waals surface area contributed by atoms with E-state index in [4.69, 9.17) is 14.5 Å². The molecule has 1 unspecified atom stereocenters. The maximum atomic E-state index is 13.2. The van der Waals surface area contributed by atoms with Crippen LogP contribution in [0.1, 0.15) is 56.0 Å². The van der Waals surface area contributed by atoms with Crippen molar-refractivity contribution < 1.29 is 14.3 Å². The van der Waals surface area contributed by atoms with E-state index in [0.29, 0.717) is 19.6 Å². The molecule has 6 nitrogen and oxygen atoms in total. The van der Waals surface area contributed by atoms with Crippen molar-refractivity contribution in [3.05, 3.63) is 89.8 Å². The van der Waals surface area contributed by atoms with Gasteiger partial charge in [0, 0.05) is 31.1 Å². The van der Waals surface area contributed by atoms with Crippen molar-refractivity contribution in [3.8, 4) is 11.5 Å². The van der Waals surface area contributed by atoms with Crippen molar-refractivity contribution in [1.29, 1.82) is 0 Å². The fraction of sp³-hybridized carbons (Fsp3) is 0.333. The summed E-state index contributed by atoms with van der Waals surface area (Å²) < 4.78 is 13.9. The summed E-state index contributed by atoms with van der Waals surface area (Å²) in [4.78, 5) is 20.1. The molecule has 1 aliphatic heterocycles. The number of benzene rings is 3. The van der Waals surface area contributed by atoms with Gasteiger partial charge in [-0.2, -0.15) is 0 Å². The van der Waals surface area contributed by atoms with Gasteiger partial charge in [-0.25, -0.2) is 4.98 Å². The smallest absolute Gasteiger partial charge is 0.227 e. The molecule has 0 aliphatic carbocycles. The fourth-order valence-electron chi connectivity index (χ4n) is 5.48. The second kappa shape index (κ2) is 12.2. The number of para-hydroxylation sites is 3. The topological polar surface area (TPSA) is 56.6 Å². The van der Waals surface area contributed by atoms with E-state index < -0.39 is 0 Å². The lowest BCUT2D eigenvalue weighted by Crippen LogP contribution is -2.25. The number of imidazole rings is 1. The summed E-state index contributed by atoms with van der Waals surface area (Å²) >= 11 is 0. The zero-order valence-electron chi connectivity index (χ0n) is 23.1. The standard InChI is InChI=1S/C33H37N3O3/c1-4-12-24-17-18-30(31(21-24)38-3)39-20-11-10-19-35-29-16-9-7-14-27(29)34-33(35)26-22-32(37)36(23-26)28-15-8-6-13-25(28)5-2/h4,6-9,12-18,21,26H,5,10-11,19-20,22-23H2,1-3H3/b12-4+. The fourth-order valence-corrected chi connectivity index (χ4v) is 5.48. The summed E-state index contributed by atoms with van der Waals surface area (Å²) in [6, 6.07) is 22.5. The summed E-state index contributed by atoms with van der Waals surface area (Å²) in [5.41, 5.74) is 5.42. The second-order valence-electron chi connectivity index (χ2n) is 9.96. The van der Waals surface area contributed by atoms with Crippen LogP contribution in [0, 0.1) is 0 Å². The number of carbonyl (C=O) groups excluding carboxylic acids is 1. The Morgan fingerprint density at radius 2 is 1.85 bits per heavy atom. The molecular formula is C33H37N3O3. The third kappa shape index (κ3) is 5.70. The van der Waals surface area contributed by atoms with Crippen LogP contribution in [-0.2, 0) is 17.8 Å². The Morgan fingerprint density at radius 3 is 2.67 bits per heavy atom. The van der Waals surface area contributed by atoms with E-state index in [9.17, 15) is 4.79 Å². The number of unbranched alkanes of at least 4 members (excludes halogenated alkanes) is 1. The van der Waals surface area contributed by atoms with Crippen LogP contribution in [0.5, 0.6) is 11.5 Å². The van der Waals surface area contributed by atoms with Crippen LogP contribution >= 0.6 is 0 Å². The van der Waals surface area contributed by atoms with E-state index in [2.05, 4.69) is 41.8 Å². The molecule has 39 heavy (non-hydrogen) atoms. The molecule has 1 amide bonds. The molecule has 202 valence electrons. The highest BCUT2D eigenvalue weighted by Crippen LogP contribution is 2.35. The molecule has 0 radical (unpaired) electrons. The van der Waals surface area contributed by atoms with Crippen molar-refractivity contribution >= 4 is 28.7 Å². The predicted molar refractivity (Wildman–Crippen MR) is 158 cm³/mol. The Bertz CT molecular complexity index is 1470. The molecule has 0 N–H and O–H groups in total. The molecule has 6 heteroatoms. The lowest BCUT2D eigenvalue weighted by atomic mass is 10.1. The van der Waals surface area contributed by atoms with Crippen molar-refractivity contribution in [2.45, 2.75) is 52.0 Å². The van der Waals surface area contributed by atoms with Crippen LogP contribution in [0.3, 0.4) is 0 Å². The first-order valence-corrected chi connectivity index (χ1v) is 13.9. The maximum absolute atomic E-state index is 13.2. The normalized spacial score (nSPS) is 15.5. The molecule has 0 saturated carbocycles. The molecule has 0 bridgehead atoms. The van der Waals surface area contributed by atoms with Gasteiger partial charge in [0.2, 0.25) is 5.91 Å². The van der Waals surface area contributed by atoms with E-state index in [-0.39, 0.29) is 11.8 Å². The monoisotopic (exact) mass is 523 g/mol. The predicted octanol–water partition coefficient (Wildman–Crippen LogP) is 7.02. The molecule has 0 spiro atoms. The highest BCUT2D eigenvalue weighted by atomic mass is 16.5. The first-order chi connectivity index (χ1) is 19.1. The summed E-state index contributed by atoms with van der Waals surface area (Å²) in [5, 5.41) is 0. The molecule has 2 heterocycles. The second-order valence-corrected chi connectivity index (χ2v) is 9.96. The molecule has 1 aromatic heterocycles. The van der Waals surface area contributed by atoms with Crippen LogP contribution in [0.25, 0.3) is 17.1 Å². The van der Waals surface area contributed by atoms with Gasteiger partial charge in [0.25, 0.3) is 0 Å². The summed E-state index contributed by atoms with van der Waals surface area (Å²) in [6.07, 6.45) is 7.26. The van der Waals surface area contributed by atoms with Gasteiger partial charge in [0.1, 0.15) is 5.82 Å². The quantitative estimate of drug-likeness (QED) is 0.198. The number of hydrogen-bond donors (Lipinski definition) is 0. The average molecular weight is 524 g/mol. The Hall–Kier alpha value is -4.06. The highest BCUT2D eigenvalue weighted by molar-refractivity contribution is 5.97. The minimum atomic E-state index is 0.0611. The molecular weight excluding hydrogens is 486 g/mol. The minimum absolute atomic E-state index is 0.0611. The van der Waals surface area contributed by atoms with Crippen LogP contribution in [0.2, 0.25) is 0 Å². The molecule has 4 aromatic rings. The van der Waals surface area contributed by atoms with E-state index in [1.807, 2.05) is 60.4 Å². The average Bonchev–Trinajstić information content (AvgIpc) is 3.53. The number of aryl methyl sites for hydroxylation is 2. The van der Waals surface area contributed by atoms with E-state index in [1.165, 1.54) is 5.56 Å². The molecule has 1 aliphatic rings. The number of carbonyl (C=O) groups is 1. The van der Waals surface area contributed by atoms with Gasteiger partial charge in [-0.15, -0.1) is 0 Å². The van der Waals surface area contributed by atoms with E-state index in [1.54, 1.807) is 7.11 Å². The summed E-state index contributed by atoms with van der Waals surface area (Å²) in [6.45, 7) is 6.22. The van der Waals surface area contributed by atoms with Crippen molar-refractivity contribution in [3.63, 3.8) is 0 Å². The maximum Gasteiger partial charge on any atom is 0.227 e. The van der Waals surface area contributed by atoms with E-state index in [0.717, 1.165) is 65.4 Å². The Kier molecular flexibility index (Phi) is 8.30. The number of fused-ring (bicyclic) bond motifs is 1. The number of ether oxygens (including phenoxy) is 2. The van der Waals surface area contributed by atoms with E-state index >= 15 is 0 Å². The van der Waals surface area contributed by atoms with Crippen molar-refractivity contribution in [1.82, 2.24) is 9.55 Å². The first kappa shape index (κ1) is 26.5.